The van der Waals surface area contributed by atoms with E-state index in [-0.39, 0.29) is 12.6 Å². The van der Waals surface area contributed by atoms with Crippen LogP contribution in [0.4, 0.5) is 17.7 Å². The number of aliphatic hydroxyl groups is 1. The van der Waals surface area contributed by atoms with Crippen molar-refractivity contribution in [2.45, 2.75) is 25.4 Å². The van der Waals surface area contributed by atoms with Gasteiger partial charge >= 0.3 is 0 Å². The third-order valence-electron chi connectivity index (χ3n) is 4.33. The van der Waals surface area contributed by atoms with Crippen LogP contribution in [0.1, 0.15) is 24.2 Å². The Balaban J connectivity index is 0.000000755. The van der Waals surface area contributed by atoms with E-state index in [2.05, 4.69) is 47.5 Å². The van der Waals surface area contributed by atoms with Crippen molar-refractivity contribution >= 4 is 24.2 Å². The van der Waals surface area contributed by atoms with Crippen molar-refractivity contribution in [3.8, 4) is 0 Å². The maximum absolute atomic E-state index is 9.84. The monoisotopic (exact) mass is 397 g/mol. The fraction of sp³-hybridized carbons (Fsp3) is 0.316. The van der Waals surface area contributed by atoms with Gasteiger partial charge in [0.25, 0.3) is 6.47 Å². The number of aliphatic hydroxyl groups excluding tert-OH is 1. The smallest absolute Gasteiger partial charge is 0.290 e. The zero-order valence-electron chi connectivity index (χ0n) is 15.8. The van der Waals surface area contributed by atoms with E-state index >= 15 is 0 Å². The highest BCUT2D eigenvalue weighted by Gasteiger charge is 2.19. The van der Waals surface area contributed by atoms with Crippen LogP contribution in [0.15, 0.2) is 42.6 Å². The van der Waals surface area contributed by atoms with E-state index in [1.807, 2.05) is 24.3 Å². The van der Waals surface area contributed by atoms with Gasteiger partial charge in [-0.2, -0.15) is 9.97 Å². The molecule has 1 unspecified atom stereocenters. The second-order valence-corrected chi connectivity index (χ2v) is 6.48. The molecule has 1 saturated heterocycles. The van der Waals surface area contributed by atoms with Gasteiger partial charge in [0.15, 0.2) is 0 Å². The summed E-state index contributed by atoms with van der Waals surface area (Å²) in [6.07, 6.45) is 3.88. The van der Waals surface area contributed by atoms with Crippen LogP contribution in [0.5, 0.6) is 0 Å². The Kier molecular flexibility index (Phi) is 7.06. The summed E-state index contributed by atoms with van der Waals surface area (Å²) in [6.45, 7) is 1.23. The molecular formula is C19H23N7O3. The predicted molar refractivity (Wildman–Crippen MR) is 107 cm³/mol. The van der Waals surface area contributed by atoms with Crippen LogP contribution in [0.25, 0.3) is 0 Å². The number of nitrogens with one attached hydrogen (secondary N) is 2. The van der Waals surface area contributed by atoms with Crippen LogP contribution < -0.4 is 10.2 Å². The van der Waals surface area contributed by atoms with Crippen LogP contribution >= 0.6 is 0 Å². The summed E-state index contributed by atoms with van der Waals surface area (Å²) < 4.78 is 0. The molecule has 4 N–H and O–H groups in total. The number of anilines is 3. The number of nitrogens with zero attached hydrogens (tertiary/aromatic N) is 5. The van der Waals surface area contributed by atoms with E-state index in [9.17, 15) is 5.11 Å². The first-order valence-electron chi connectivity index (χ1n) is 9.24. The summed E-state index contributed by atoms with van der Waals surface area (Å²) in [5.41, 5.74) is 1.16. The molecule has 0 amide bonds. The highest BCUT2D eigenvalue weighted by atomic mass is 16.3. The predicted octanol–water partition coefficient (Wildman–Crippen LogP) is 1.59. The number of carboxylic acid groups (broad SMARTS) is 1. The summed E-state index contributed by atoms with van der Waals surface area (Å²) >= 11 is 0. The number of aromatic amines is 1. The normalized spacial score (nSPS) is 15.9. The molecule has 1 aliphatic rings. The standard InChI is InChI=1S/C18H21N7O.CH2O2/c26-14-7-4-10-25(12-14)16-8-9-19-17(21-16)22-18-20-15(23-24-18)11-13-5-2-1-3-6-13;2-1-3/h1-3,5-6,8-9,14,26H,4,7,10-12H2,(H2,19,20,21,22,23,24);1H,(H,2,3). The van der Waals surface area contributed by atoms with Gasteiger partial charge in [0, 0.05) is 25.7 Å². The Morgan fingerprint density at radius 3 is 2.76 bits per heavy atom. The largest absolute Gasteiger partial charge is 0.483 e. The van der Waals surface area contributed by atoms with Gasteiger partial charge in [-0.15, -0.1) is 5.10 Å². The first-order chi connectivity index (χ1) is 14.2. The third kappa shape index (κ3) is 5.98. The SMILES string of the molecule is O=CO.OC1CCCN(c2ccnc(Nc3n[nH]c(Cc4ccccc4)n3)n2)C1. The zero-order valence-corrected chi connectivity index (χ0v) is 15.8. The Bertz CT molecular complexity index is 904. The van der Waals surface area contributed by atoms with E-state index in [1.54, 1.807) is 6.20 Å². The third-order valence-corrected chi connectivity index (χ3v) is 4.33. The van der Waals surface area contributed by atoms with Gasteiger partial charge in [0.05, 0.1) is 6.10 Å². The molecule has 3 aromatic rings. The molecule has 0 bridgehead atoms. The van der Waals surface area contributed by atoms with Gasteiger partial charge in [0.2, 0.25) is 11.9 Å². The molecule has 0 radical (unpaired) electrons. The van der Waals surface area contributed by atoms with Gasteiger partial charge in [-0.25, -0.2) is 4.98 Å². The molecule has 0 spiro atoms. The topological polar surface area (TPSA) is 140 Å². The van der Waals surface area contributed by atoms with Crippen LogP contribution in [0.2, 0.25) is 0 Å². The molecule has 10 nitrogen and oxygen atoms in total. The fourth-order valence-corrected chi connectivity index (χ4v) is 3.07. The summed E-state index contributed by atoms with van der Waals surface area (Å²) in [6, 6.07) is 11.9. The lowest BCUT2D eigenvalue weighted by atomic mass is 10.1. The minimum atomic E-state index is -0.302. The Morgan fingerprint density at radius 1 is 1.21 bits per heavy atom. The number of β-amino-alcohol motifs (C(OH)–C–C–N with tert-alkyl or cyclic N) is 1. The van der Waals surface area contributed by atoms with Gasteiger partial charge in [-0.3, -0.25) is 15.2 Å². The Hall–Kier alpha value is -3.53. The Labute approximate surface area is 167 Å². The van der Waals surface area contributed by atoms with E-state index in [1.165, 1.54) is 0 Å². The number of H-pyrrole nitrogens is 1. The number of hydrogen-bond donors (Lipinski definition) is 4. The number of rotatable bonds is 5. The van der Waals surface area contributed by atoms with Crippen LogP contribution in [-0.2, 0) is 11.2 Å². The lowest BCUT2D eigenvalue weighted by molar-refractivity contribution is -0.122. The molecule has 0 saturated carbocycles. The summed E-state index contributed by atoms with van der Waals surface area (Å²) in [5.74, 6) is 2.44. The van der Waals surface area contributed by atoms with E-state index in [0.717, 1.165) is 36.6 Å². The minimum absolute atomic E-state index is 0.250. The van der Waals surface area contributed by atoms with Crippen molar-refractivity contribution in [3.05, 3.63) is 54.0 Å². The summed E-state index contributed by atoms with van der Waals surface area (Å²) in [7, 11) is 0. The number of piperidine rings is 1. The molecule has 1 fully saturated rings. The average Bonchev–Trinajstić information content (AvgIpc) is 3.16. The first kappa shape index (κ1) is 20.2. The maximum atomic E-state index is 9.84. The first-order valence-corrected chi connectivity index (χ1v) is 9.24. The summed E-state index contributed by atoms with van der Waals surface area (Å²) in [4.78, 5) is 23.6. The molecule has 1 atom stereocenters. The van der Waals surface area contributed by atoms with Crippen LogP contribution in [-0.4, -0.2) is 61.0 Å². The number of carbonyl (C=O) groups is 1. The lowest BCUT2D eigenvalue weighted by Gasteiger charge is -2.30. The lowest BCUT2D eigenvalue weighted by Crippen LogP contribution is -2.38. The number of benzene rings is 1. The van der Waals surface area contributed by atoms with E-state index < -0.39 is 0 Å². The maximum Gasteiger partial charge on any atom is 0.290 e. The molecule has 152 valence electrons. The van der Waals surface area contributed by atoms with Crippen molar-refractivity contribution in [2.75, 3.05) is 23.3 Å². The van der Waals surface area contributed by atoms with Crippen molar-refractivity contribution in [2.24, 2.45) is 0 Å². The van der Waals surface area contributed by atoms with Crippen molar-refractivity contribution in [1.29, 1.82) is 0 Å². The van der Waals surface area contributed by atoms with Gasteiger partial charge in [-0.05, 0) is 24.5 Å². The van der Waals surface area contributed by atoms with Crippen LogP contribution in [0.3, 0.4) is 0 Å². The van der Waals surface area contributed by atoms with E-state index in [4.69, 9.17) is 9.90 Å². The molecular weight excluding hydrogens is 374 g/mol. The average molecular weight is 397 g/mol. The molecule has 1 aliphatic heterocycles. The molecule has 2 aromatic heterocycles. The van der Waals surface area contributed by atoms with Crippen molar-refractivity contribution < 1.29 is 15.0 Å². The summed E-state index contributed by atoms with van der Waals surface area (Å²) in [5, 5.41) is 26.9. The fourth-order valence-electron chi connectivity index (χ4n) is 3.07. The van der Waals surface area contributed by atoms with Gasteiger partial charge in [0.1, 0.15) is 11.6 Å². The van der Waals surface area contributed by atoms with E-state index in [0.29, 0.717) is 24.9 Å². The number of aromatic nitrogens is 5. The van der Waals surface area contributed by atoms with Gasteiger partial charge in [-0.1, -0.05) is 30.3 Å². The van der Waals surface area contributed by atoms with Crippen molar-refractivity contribution in [1.82, 2.24) is 25.1 Å². The quantitative estimate of drug-likeness (QED) is 0.472. The molecule has 10 heteroatoms. The molecule has 4 rings (SSSR count). The molecule has 3 heterocycles. The zero-order chi connectivity index (χ0) is 20.5. The number of hydrogen-bond acceptors (Lipinski definition) is 8. The van der Waals surface area contributed by atoms with Crippen molar-refractivity contribution in [3.63, 3.8) is 0 Å². The van der Waals surface area contributed by atoms with Crippen LogP contribution in [0, 0.1) is 0 Å². The highest BCUT2D eigenvalue weighted by Crippen LogP contribution is 2.19. The second-order valence-electron chi connectivity index (χ2n) is 6.48. The molecule has 29 heavy (non-hydrogen) atoms. The molecule has 1 aromatic carbocycles. The second kappa shape index (κ2) is 10.1. The molecule has 0 aliphatic carbocycles. The highest BCUT2D eigenvalue weighted by molar-refractivity contribution is 5.48. The van der Waals surface area contributed by atoms with Gasteiger partial charge < -0.3 is 15.1 Å². The minimum Gasteiger partial charge on any atom is -0.483 e. The Morgan fingerprint density at radius 2 is 2.00 bits per heavy atom.